The first kappa shape index (κ1) is 22.3. The van der Waals surface area contributed by atoms with Gasteiger partial charge in [0, 0.05) is 48.4 Å². The zero-order chi connectivity index (χ0) is 21.0. The molecule has 168 valence electrons. The Balaban J connectivity index is 1.19. The number of nitrogens with one attached hydrogen (secondary N) is 1. The molecule has 1 aromatic rings. The van der Waals surface area contributed by atoms with E-state index < -0.39 is 0 Å². The first-order valence-corrected chi connectivity index (χ1v) is 12.8. The van der Waals surface area contributed by atoms with Gasteiger partial charge < -0.3 is 10.1 Å². The van der Waals surface area contributed by atoms with Crippen molar-refractivity contribution in [3.05, 3.63) is 21.9 Å². The van der Waals surface area contributed by atoms with Crippen LogP contribution in [0.2, 0.25) is 0 Å². The molecule has 4 rings (SSSR count). The van der Waals surface area contributed by atoms with Crippen LogP contribution in [0.5, 0.6) is 0 Å². The molecule has 0 aliphatic carbocycles. The largest absolute Gasteiger partial charge is 0.370 e. The van der Waals surface area contributed by atoms with Crippen LogP contribution in [0, 0.1) is 5.92 Å². The van der Waals surface area contributed by atoms with Gasteiger partial charge in [0.2, 0.25) is 5.91 Å². The van der Waals surface area contributed by atoms with Crippen molar-refractivity contribution in [3.8, 4) is 0 Å². The molecule has 3 aliphatic heterocycles. The highest BCUT2D eigenvalue weighted by Gasteiger charge is 2.42. The number of likely N-dealkylation sites (tertiary alicyclic amines) is 2. The number of carbonyl (C=O) groups excluding carboxylic acids is 1. The van der Waals surface area contributed by atoms with E-state index in [1.165, 1.54) is 42.1 Å². The molecule has 6 heteroatoms. The Kier molecular flexibility index (Phi) is 7.50. The first-order chi connectivity index (χ1) is 14.5. The minimum absolute atomic E-state index is 0.0428. The van der Waals surface area contributed by atoms with E-state index in [0.717, 1.165) is 51.9 Å². The molecule has 3 fully saturated rings. The van der Waals surface area contributed by atoms with E-state index in [0.29, 0.717) is 6.54 Å². The average Bonchev–Trinajstić information content (AvgIpc) is 3.36. The van der Waals surface area contributed by atoms with Gasteiger partial charge in [0.1, 0.15) is 0 Å². The third-order valence-electron chi connectivity index (χ3n) is 7.06. The van der Waals surface area contributed by atoms with Crippen LogP contribution >= 0.6 is 11.3 Å². The van der Waals surface area contributed by atoms with Crippen LogP contribution < -0.4 is 5.32 Å². The summed E-state index contributed by atoms with van der Waals surface area (Å²) in [5.74, 6) is 0.172. The van der Waals surface area contributed by atoms with Crippen LogP contribution in [0.25, 0.3) is 0 Å². The van der Waals surface area contributed by atoms with Crippen molar-refractivity contribution in [2.24, 2.45) is 5.92 Å². The Labute approximate surface area is 186 Å². The van der Waals surface area contributed by atoms with Gasteiger partial charge in [-0.05, 0) is 63.7 Å². The van der Waals surface area contributed by atoms with Crippen molar-refractivity contribution in [1.29, 1.82) is 0 Å². The van der Waals surface area contributed by atoms with E-state index >= 15 is 0 Å². The molecule has 0 aromatic carbocycles. The minimum Gasteiger partial charge on any atom is -0.370 e. The second-order valence-corrected chi connectivity index (χ2v) is 11.1. The van der Waals surface area contributed by atoms with E-state index in [2.05, 4.69) is 27.2 Å². The van der Waals surface area contributed by atoms with Crippen molar-refractivity contribution >= 4 is 17.2 Å². The quantitative estimate of drug-likeness (QED) is 0.705. The summed E-state index contributed by atoms with van der Waals surface area (Å²) >= 11 is 2.00. The lowest BCUT2D eigenvalue weighted by Crippen LogP contribution is -2.45. The van der Waals surface area contributed by atoms with Crippen LogP contribution in [0.15, 0.2) is 12.1 Å². The fourth-order valence-electron chi connectivity index (χ4n) is 5.09. The summed E-state index contributed by atoms with van der Waals surface area (Å²) in [5.41, 5.74) is 0.0542. The highest BCUT2D eigenvalue weighted by atomic mass is 32.1. The molecule has 1 atom stereocenters. The van der Waals surface area contributed by atoms with Gasteiger partial charge in [0.15, 0.2) is 0 Å². The smallest absolute Gasteiger partial charge is 0.222 e. The third kappa shape index (κ3) is 5.84. The molecule has 5 nitrogen and oxygen atoms in total. The van der Waals surface area contributed by atoms with E-state index in [-0.39, 0.29) is 23.5 Å². The van der Waals surface area contributed by atoms with E-state index in [1.807, 2.05) is 25.2 Å². The highest BCUT2D eigenvalue weighted by molar-refractivity contribution is 7.11. The van der Waals surface area contributed by atoms with Gasteiger partial charge in [-0.3, -0.25) is 14.6 Å². The summed E-state index contributed by atoms with van der Waals surface area (Å²) < 4.78 is 6.46. The zero-order valence-electron chi connectivity index (χ0n) is 18.8. The topological polar surface area (TPSA) is 44.8 Å². The molecule has 0 bridgehead atoms. The highest BCUT2D eigenvalue weighted by Crippen LogP contribution is 2.39. The summed E-state index contributed by atoms with van der Waals surface area (Å²) in [5, 5.41) is 3.04. The summed E-state index contributed by atoms with van der Waals surface area (Å²) in [7, 11) is 0. The van der Waals surface area contributed by atoms with Crippen LogP contribution in [-0.4, -0.2) is 60.1 Å². The van der Waals surface area contributed by atoms with Crippen LogP contribution in [-0.2, 0) is 22.6 Å². The monoisotopic (exact) mass is 433 g/mol. The van der Waals surface area contributed by atoms with Crippen molar-refractivity contribution < 1.29 is 9.53 Å². The second kappa shape index (κ2) is 10.1. The average molecular weight is 434 g/mol. The molecule has 0 radical (unpaired) electrons. The standard InChI is InChI=1S/C24H39N3O2S/c1-19(2)23(28)25-16-20-8-9-24(29-20)10-14-27(15-11-24)18-22-7-6-21(30-22)17-26-12-4-3-5-13-26/h6-7,19-20H,3-5,8-18H2,1-2H3,(H,25,28). The Morgan fingerprint density at radius 3 is 2.33 bits per heavy atom. The predicted molar refractivity (Wildman–Crippen MR) is 123 cm³/mol. The first-order valence-electron chi connectivity index (χ1n) is 12.0. The van der Waals surface area contributed by atoms with Gasteiger partial charge >= 0.3 is 0 Å². The van der Waals surface area contributed by atoms with Crippen molar-refractivity contribution in [2.75, 3.05) is 32.7 Å². The number of nitrogens with zero attached hydrogens (tertiary/aromatic N) is 2. The Morgan fingerprint density at radius 1 is 1.07 bits per heavy atom. The zero-order valence-corrected chi connectivity index (χ0v) is 19.6. The Bertz CT molecular complexity index is 690. The number of ether oxygens (including phenoxy) is 1. The van der Waals surface area contributed by atoms with E-state index in [4.69, 9.17) is 4.74 Å². The lowest BCUT2D eigenvalue weighted by atomic mass is 9.88. The molecule has 0 saturated carbocycles. The number of carbonyl (C=O) groups is 1. The summed E-state index contributed by atoms with van der Waals surface area (Å²) in [6, 6.07) is 4.68. The number of hydrogen-bond acceptors (Lipinski definition) is 5. The SMILES string of the molecule is CC(C)C(=O)NCC1CCC2(CCN(Cc3ccc(CN4CCCCC4)s3)CC2)O1. The van der Waals surface area contributed by atoms with Crippen LogP contribution in [0.1, 0.15) is 68.5 Å². The van der Waals surface area contributed by atoms with Crippen molar-refractivity contribution in [1.82, 2.24) is 15.1 Å². The third-order valence-corrected chi connectivity index (χ3v) is 8.11. The van der Waals surface area contributed by atoms with Gasteiger partial charge in [-0.25, -0.2) is 0 Å². The molecular weight excluding hydrogens is 394 g/mol. The normalized spacial score (nSPS) is 25.2. The van der Waals surface area contributed by atoms with Crippen LogP contribution in [0.3, 0.4) is 0 Å². The summed E-state index contributed by atoms with van der Waals surface area (Å²) in [4.78, 5) is 20.0. The minimum atomic E-state index is 0.0428. The lowest BCUT2D eigenvalue weighted by Gasteiger charge is -2.39. The second-order valence-electron chi connectivity index (χ2n) is 9.84. The maximum atomic E-state index is 11.8. The van der Waals surface area contributed by atoms with Gasteiger partial charge in [-0.15, -0.1) is 11.3 Å². The predicted octanol–water partition coefficient (Wildman–Crippen LogP) is 4.02. The van der Waals surface area contributed by atoms with E-state index in [1.54, 1.807) is 0 Å². The molecule has 1 amide bonds. The molecule has 1 unspecified atom stereocenters. The fraction of sp³-hybridized carbons (Fsp3) is 0.792. The number of rotatable bonds is 7. The Hall–Kier alpha value is -0.950. The van der Waals surface area contributed by atoms with E-state index in [9.17, 15) is 4.79 Å². The Morgan fingerprint density at radius 2 is 1.70 bits per heavy atom. The fourth-order valence-corrected chi connectivity index (χ4v) is 6.20. The molecule has 4 heterocycles. The van der Waals surface area contributed by atoms with Gasteiger partial charge in [0.05, 0.1) is 11.7 Å². The maximum Gasteiger partial charge on any atom is 0.222 e. The molecule has 30 heavy (non-hydrogen) atoms. The lowest BCUT2D eigenvalue weighted by molar-refractivity contribution is -0.125. The number of hydrogen-bond donors (Lipinski definition) is 1. The van der Waals surface area contributed by atoms with Gasteiger partial charge in [0.25, 0.3) is 0 Å². The van der Waals surface area contributed by atoms with Gasteiger partial charge in [-0.2, -0.15) is 0 Å². The summed E-state index contributed by atoms with van der Waals surface area (Å²) in [6.07, 6.45) is 8.77. The number of thiophene rings is 1. The maximum absolute atomic E-state index is 11.8. The molecule has 1 spiro atoms. The van der Waals surface area contributed by atoms with Gasteiger partial charge in [-0.1, -0.05) is 20.3 Å². The molecule has 1 aromatic heterocycles. The number of amides is 1. The molecular formula is C24H39N3O2S. The molecule has 1 N–H and O–H groups in total. The number of piperidine rings is 2. The van der Waals surface area contributed by atoms with Crippen molar-refractivity contribution in [3.63, 3.8) is 0 Å². The van der Waals surface area contributed by atoms with Crippen molar-refractivity contribution in [2.45, 2.75) is 83.6 Å². The molecule has 3 aliphatic rings. The van der Waals surface area contributed by atoms with Crippen LogP contribution in [0.4, 0.5) is 0 Å². The summed E-state index contributed by atoms with van der Waals surface area (Å²) in [6.45, 7) is 11.5. The molecule has 3 saturated heterocycles.